The lowest BCUT2D eigenvalue weighted by Gasteiger charge is -2.48. The summed E-state index contributed by atoms with van der Waals surface area (Å²) in [7, 11) is 0. The van der Waals surface area contributed by atoms with E-state index in [2.05, 4.69) is 43.7 Å². The summed E-state index contributed by atoms with van der Waals surface area (Å²) in [5, 5.41) is 0. The molecule has 2 aliphatic heterocycles. The number of benzene rings is 1. The highest BCUT2D eigenvalue weighted by molar-refractivity contribution is 9.10. The number of ether oxygens (including phenoxy) is 1. The Morgan fingerprint density at radius 3 is 3.00 bits per heavy atom. The average Bonchev–Trinajstić information content (AvgIpc) is 2.38. The standard InChI is InChI=1S/C11H9BrN2O/c12-7-1-2-9-8(3-7)13-10-11(4-14(9)10)5-15-6-11/h1-3H,4-6H2. The van der Waals surface area contributed by atoms with E-state index in [0.717, 1.165) is 29.7 Å². The molecule has 1 fully saturated rings. The van der Waals surface area contributed by atoms with Crippen molar-refractivity contribution >= 4 is 27.0 Å². The summed E-state index contributed by atoms with van der Waals surface area (Å²) in [6, 6.07) is 6.27. The van der Waals surface area contributed by atoms with Crippen molar-refractivity contribution in [2.75, 3.05) is 13.2 Å². The van der Waals surface area contributed by atoms with E-state index in [9.17, 15) is 0 Å². The van der Waals surface area contributed by atoms with Crippen LogP contribution in [0.5, 0.6) is 0 Å². The minimum Gasteiger partial charge on any atom is -0.379 e. The Morgan fingerprint density at radius 2 is 2.27 bits per heavy atom. The molecular formula is C11H9BrN2O. The van der Waals surface area contributed by atoms with Crippen molar-refractivity contribution < 1.29 is 4.74 Å². The van der Waals surface area contributed by atoms with Crippen LogP contribution in [0.25, 0.3) is 11.0 Å². The fraction of sp³-hybridized carbons (Fsp3) is 0.364. The number of nitrogens with zero attached hydrogens (tertiary/aromatic N) is 2. The van der Waals surface area contributed by atoms with Gasteiger partial charge in [0.15, 0.2) is 0 Å². The Morgan fingerprint density at radius 1 is 1.40 bits per heavy atom. The molecule has 0 atom stereocenters. The Hall–Kier alpha value is -0.870. The van der Waals surface area contributed by atoms with Crippen LogP contribution in [0.4, 0.5) is 0 Å². The van der Waals surface area contributed by atoms with E-state index in [1.165, 1.54) is 11.3 Å². The third-order valence-corrected chi connectivity index (χ3v) is 3.90. The van der Waals surface area contributed by atoms with Crippen molar-refractivity contribution in [1.82, 2.24) is 9.55 Å². The van der Waals surface area contributed by atoms with Crippen LogP contribution < -0.4 is 0 Å². The van der Waals surface area contributed by atoms with Gasteiger partial charge in [-0.3, -0.25) is 0 Å². The number of fused-ring (bicyclic) bond motifs is 4. The van der Waals surface area contributed by atoms with Crippen LogP contribution in [-0.4, -0.2) is 22.8 Å². The van der Waals surface area contributed by atoms with Gasteiger partial charge < -0.3 is 9.30 Å². The van der Waals surface area contributed by atoms with Crippen molar-refractivity contribution in [2.24, 2.45) is 0 Å². The molecule has 4 heteroatoms. The second-order valence-corrected chi connectivity index (χ2v) is 5.34. The first-order valence-corrected chi connectivity index (χ1v) is 5.82. The Labute approximate surface area is 95.2 Å². The van der Waals surface area contributed by atoms with Crippen molar-refractivity contribution in [2.45, 2.75) is 12.0 Å². The molecule has 4 rings (SSSR count). The van der Waals surface area contributed by atoms with Gasteiger partial charge in [-0.05, 0) is 18.2 Å². The van der Waals surface area contributed by atoms with Gasteiger partial charge in [0.25, 0.3) is 0 Å². The molecule has 0 amide bonds. The van der Waals surface area contributed by atoms with Crippen LogP contribution in [0.3, 0.4) is 0 Å². The summed E-state index contributed by atoms with van der Waals surface area (Å²) in [5.41, 5.74) is 2.58. The summed E-state index contributed by atoms with van der Waals surface area (Å²) in [6.07, 6.45) is 0. The van der Waals surface area contributed by atoms with Gasteiger partial charge >= 0.3 is 0 Å². The summed E-state index contributed by atoms with van der Waals surface area (Å²) in [6.45, 7) is 2.76. The molecule has 0 radical (unpaired) electrons. The van der Waals surface area contributed by atoms with Gasteiger partial charge in [0, 0.05) is 11.0 Å². The Bertz CT molecular complexity index is 571. The maximum Gasteiger partial charge on any atom is 0.122 e. The average molecular weight is 265 g/mol. The second kappa shape index (κ2) is 2.44. The van der Waals surface area contributed by atoms with Gasteiger partial charge in [0.05, 0.1) is 29.7 Å². The van der Waals surface area contributed by atoms with E-state index >= 15 is 0 Å². The molecule has 0 saturated carbocycles. The minimum atomic E-state index is 0.255. The lowest BCUT2D eigenvalue weighted by molar-refractivity contribution is -0.0961. The minimum absolute atomic E-state index is 0.255. The van der Waals surface area contributed by atoms with E-state index in [-0.39, 0.29) is 5.41 Å². The van der Waals surface area contributed by atoms with Crippen LogP contribution >= 0.6 is 15.9 Å². The van der Waals surface area contributed by atoms with Crippen molar-refractivity contribution in [1.29, 1.82) is 0 Å². The van der Waals surface area contributed by atoms with Crippen LogP contribution in [-0.2, 0) is 16.7 Å². The quantitative estimate of drug-likeness (QED) is 0.729. The van der Waals surface area contributed by atoms with E-state index in [0.29, 0.717) is 0 Å². The summed E-state index contributed by atoms with van der Waals surface area (Å²) in [4.78, 5) is 4.69. The highest BCUT2D eigenvalue weighted by Crippen LogP contribution is 2.43. The van der Waals surface area contributed by atoms with Gasteiger partial charge in [0.2, 0.25) is 0 Å². The highest BCUT2D eigenvalue weighted by atomic mass is 79.9. The first-order chi connectivity index (χ1) is 7.28. The van der Waals surface area contributed by atoms with Crippen LogP contribution in [0.15, 0.2) is 22.7 Å². The molecule has 1 aromatic heterocycles. The molecule has 1 saturated heterocycles. The molecule has 3 nitrogen and oxygen atoms in total. The molecule has 2 aliphatic rings. The monoisotopic (exact) mass is 264 g/mol. The number of imidazole rings is 1. The van der Waals surface area contributed by atoms with E-state index in [1.54, 1.807) is 0 Å². The Kier molecular flexibility index (Phi) is 1.35. The van der Waals surface area contributed by atoms with Crippen LogP contribution in [0, 0.1) is 0 Å². The zero-order chi connectivity index (χ0) is 10.0. The third-order valence-electron chi connectivity index (χ3n) is 3.40. The van der Waals surface area contributed by atoms with Crippen LogP contribution in [0.1, 0.15) is 5.82 Å². The smallest absolute Gasteiger partial charge is 0.122 e. The zero-order valence-corrected chi connectivity index (χ0v) is 9.62. The summed E-state index contributed by atoms with van der Waals surface area (Å²) >= 11 is 3.47. The topological polar surface area (TPSA) is 27.1 Å². The van der Waals surface area contributed by atoms with Gasteiger partial charge in [-0.25, -0.2) is 4.98 Å². The maximum atomic E-state index is 5.29. The number of hydrogen-bond acceptors (Lipinski definition) is 2. The molecule has 0 N–H and O–H groups in total. The number of aromatic nitrogens is 2. The zero-order valence-electron chi connectivity index (χ0n) is 8.03. The van der Waals surface area contributed by atoms with Crippen molar-refractivity contribution in [3.63, 3.8) is 0 Å². The first-order valence-electron chi connectivity index (χ1n) is 5.03. The molecule has 0 unspecified atom stereocenters. The van der Waals surface area contributed by atoms with Crippen molar-refractivity contribution in [3.8, 4) is 0 Å². The lowest BCUT2D eigenvalue weighted by Crippen LogP contribution is -2.58. The first kappa shape index (κ1) is 8.30. The fourth-order valence-corrected chi connectivity index (χ4v) is 2.87. The molecule has 15 heavy (non-hydrogen) atoms. The van der Waals surface area contributed by atoms with Gasteiger partial charge in [-0.2, -0.15) is 0 Å². The predicted octanol–water partition coefficient (Wildman–Crippen LogP) is 2.08. The maximum absolute atomic E-state index is 5.29. The second-order valence-electron chi connectivity index (χ2n) is 4.43. The Balaban J connectivity index is 1.99. The van der Waals surface area contributed by atoms with Gasteiger partial charge in [0.1, 0.15) is 5.82 Å². The number of hydrogen-bond donors (Lipinski definition) is 0. The van der Waals surface area contributed by atoms with Crippen molar-refractivity contribution in [3.05, 3.63) is 28.5 Å². The van der Waals surface area contributed by atoms with E-state index < -0.39 is 0 Å². The lowest BCUT2D eigenvalue weighted by atomic mass is 9.79. The molecule has 2 aromatic rings. The van der Waals surface area contributed by atoms with E-state index in [1.807, 2.05) is 0 Å². The largest absolute Gasteiger partial charge is 0.379 e. The van der Waals surface area contributed by atoms with E-state index in [4.69, 9.17) is 4.74 Å². The molecule has 1 aromatic carbocycles. The highest BCUT2D eigenvalue weighted by Gasteiger charge is 2.51. The molecule has 3 heterocycles. The summed E-state index contributed by atoms with van der Waals surface area (Å²) < 4.78 is 8.68. The summed E-state index contributed by atoms with van der Waals surface area (Å²) in [5.74, 6) is 1.21. The molecule has 0 aliphatic carbocycles. The number of rotatable bonds is 0. The third kappa shape index (κ3) is 0.874. The molecule has 1 spiro atoms. The van der Waals surface area contributed by atoms with Gasteiger partial charge in [-0.15, -0.1) is 0 Å². The SMILES string of the molecule is Brc1ccc2c(c1)nc1n2CC12COC2. The predicted molar refractivity (Wildman–Crippen MR) is 59.9 cm³/mol. The van der Waals surface area contributed by atoms with Gasteiger partial charge in [-0.1, -0.05) is 15.9 Å². The molecular weight excluding hydrogens is 256 g/mol. The number of halogens is 1. The molecule has 0 bridgehead atoms. The fourth-order valence-electron chi connectivity index (χ4n) is 2.52. The normalized spacial score (nSPS) is 21.1. The molecule has 76 valence electrons. The van der Waals surface area contributed by atoms with Crippen LogP contribution in [0.2, 0.25) is 0 Å².